The van der Waals surface area contributed by atoms with E-state index in [0.717, 1.165) is 26.9 Å². The number of thiazole rings is 1. The molecule has 6 nitrogen and oxygen atoms in total. The Kier molecular flexibility index (Phi) is 3.89. The second kappa shape index (κ2) is 6.34. The lowest BCUT2D eigenvalue weighted by molar-refractivity contribution is 0.465. The molecule has 0 aliphatic carbocycles. The first-order valence-corrected chi connectivity index (χ1v) is 8.36. The molecule has 0 saturated carbocycles. The summed E-state index contributed by atoms with van der Waals surface area (Å²) in [5.74, 6) is 1.29. The topological polar surface area (TPSA) is 64.9 Å². The molecule has 0 radical (unpaired) electrons. The van der Waals surface area contributed by atoms with Gasteiger partial charge in [-0.3, -0.25) is 0 Å². The largest absolute Gasteiger partial charge is 0.439 e. The zero-order valence-corrected chi connectivity index (χ0v) is 13.9. The summed E-state index contributed by atoms with van der Waals surface area (Å²) in [5, 5.41) is 8.01. The van der Waals surface area contributed by atoms with Crippen LogP contribution in [0.3, 0.4) is 0 Å². The van der Waals surface area contributed by atoms with Gasteiger partial charge in [-0.2, -0.15) is 5.10 Å². The second-order valence-electron chi connectivity index (χ2n) is 4.85. The maximum absolute atomic E-state index is 5.75. The molecule has 3 heterocycles. The molecular weight excluding hydrogens is 342 g/mol. The van der Waals surface area contributed by atoms with Gasteiger partial charge in [-0.15, -0.1) is 0 Å². The van der Waals surface area contributed by atoms with E-state index in [-0.39, 0.29) is 0 Å². The summed E-state index contributed by atoms with van der Waals surface area (Å²) in [7, 11) is 0. The zero-order chi connectivity index (χ0) is 16.4. The number of anilines is 2. The van der Waals surface area contributed by atoms with Crippen molar-refractivity contribution in [1.29, 1.82) is 0 Å². The number of ether oxygens (including phenoxy) is 1. The number of nitrogens with one attached hydrogen (secondary N) is 1. The predicted molar refractivity (Wildman–Crippen MR) is 98.5 cm³/mol. The Labute approximate surface area is 146 Å². The Morgan fingerprint density at radius 2 is 2.00 bits per heavy atom. The summed E-state index contributed by atoms with van der Waals surface area (Å²) in [6.07, 6.45) is 3.47. The maximum Gasteiger partial charge on any atom is 0.220 e. The quantitative estimate of drug-likeness (QED) is 0.542. The Hall–Kier alpha value is -2.84. The fourth-order valence-electron chi connectivity index (χ4n) is 2.10. The van der Waals surface area contributed by atoms with Crippen molar-refractivity contribution in [1.82, 2.24) is 19.7 Å². The molecule has 24 heavy (non-hydrogen) atoms. The summed E-state index contributed by atoms with van der Waals surface area (Å²) in [4.78, 5) is 9.81. The van der Waals surface area contributed by atoms with Crippen molar-refractivity contribution in [3.05, 3.63) is 54.9 Å². The van der Waals surface area contributed by atoms with Crippen LogP contribution in [0.25, 0.3) is 10.3 Å². The highest BCUT2D eigenvalue weighted by atomic mass is 32.1. The van der Waals surface area contributed by atoms with Crippen molar-refractivity contribution in [2.24, 2.45) is 0 Å². The minimum Gasteiger partial charge on any atom is -0.439 e. The van der Waals surface area contributed by atoms with Crippen molar-refractivity contribution in [3.63, 3.8) is 0 Å². The number of hydrogen-bond donors (Lipinski definition) is 1. The van der Waals surface area contributed by atoms with Gasteiger partial charge in [-0.05, 0) is 18.2 Å². The van der Waals surface area contributed by atoms with Gasteiger partial charge in [0, 0.05) is 6.07 Å². The number of nitrogens with zero attached hydrogens (tertiary/aromatic N) is 4. The summed E-state index contributed by atoms with van der Waals surface area (Å²) >= 11 is 6.27. The molecule has 0 unspecified atom stereocenters. The van der Waals surface area contributed by atoms with Crippen LogP contribution in [0.5, 0.6) is 11.6 Å². The average molecular weight is 353 g/mol. The van der Waals surface area contributed by atoms with E-state index in [2.05, 4.69) is 20.4 Å². The molecule has 0 atom stereocenters. The van der Waals surface area contributed by atoms with Crippen LogP contribution in [-0.2, 0) is 0 Å². The van der Waals surface area contributed by atoms with E-state index < -0.39 is 0 Å². The Balaban J connectivity index is 1.57. The van der Waals surface area contributed by atoms with Gasteiger partial charge in [0.25, 0.3) is 0 Å². The molecule has 1 aromatic carbocycles. The Bertz CT molecular complexity index is 996. The van der Waals surface area contributed by atoms with Crippen LogP contribution in [0.4, 0.5) is 10.8 Å². The monoisotopic (exact) mass is 353 g/mol. The summed E-state index contributed by atoms with van der Waals surface area (Å²) in [6, 6.07) is 13.3. The Morgan fingerprint density at radius 3 is 2.79 bits per heavy atom. The summed E-state index contributed by atoms with van der Waals surface area (Å²) < 4.78 is 7.30. The van der Waals surface area contributed by atoms with Gasteiger partial charge in [0.05, 0.1) is 23.6 Å². The lowest BCUT2D eigenvalue weighted by Gasteiger charge is -2.03. The minimum atomic E-state index is 0.539. The van der Waals surface area contributed by atoms with Crippen LogP contribution in [0.15, 0.2) is 54.9 Å². The molecule has 0 saturated heterocycles. The highest BCUT2D eigenvalue weighted by molar-refractivity contribution is 7.78. The van der Waals surface area contributed by atoms with Crippen LogP contribution in [0.1, 0.15) is 0 Å². The number of thiocarbonyl (C=S) groups is 1. The second-order valence-corrected chi connectivity index (χ2v) is 6.04. The van der Waals surface area contributed by atoms with Crippen LogP contribution in [-0.4, -0.2) is 25.2 Å². The average Bonchev–Trinajstić information content (AvgIpc) is 3.22. The van der Waals surface area contributed by atoms with Gasteiger partial charge in [-0.1, -0.05) is 41.8 Å². The van der Waals surface area contributed by atoms with Gasteiger partial charge in [0.15, 0.2) is 5.13 Å². The highest BCUT2D eigenvalue weighted by Crippen LogP contribution is 2.29. The standard InChI is InChI=1S/C16H11N5OS2/c23-10-21-9-11(8-17-21)18-16-19-13-6-7-14(20-15(13)24-16)22-12-4-2-1-3-5-12/h1-10H,(H,18,19). The van der Waals surface area contributed by atoms with Gasteiger partial charge in [0.2, 0.25) is 5.88 Å². The fraction of sp³-hybridized carbons (Fsp3) is 0. The first kappa shape index (κ1) is 14.7. The highest BCUT2D eigenvalue weighted by Gasteiger charge is 2.08. The third-order valence-electron chi connectivity index (χ3n) is 3.16. The molecule has 118 valence electrons. The molecule has 3 aromatic heterocycles. The number of hydrogen-bond acceptors (Lipinski definition) is 7. The number of pyridine rings is 1. The van der Waals surface area contributed by atoms with Crippen molar-refractivity contribution in [2.75, 3.05) is 5.32 Å². The maximum atomic E-state index is 5.75. The molecule has 4 aromatic rings. The number of aromatic nitrogens is 4. The number of para-hydroxylation sites is 1. The lowest BCUT2D eigenvalue weighted by Crippen LogP contribution is -1.91. The molecule has 4 rings (SSSR count). The molecule has 8 heteroatoms. The van der Waals surface area contributed by atoms with E-state index in [4.69, 9.17) is 17.0 Å². The Morgan fingerprint density at radius 1 is 1.12 bits per heavy atom. The first-order chi connectivity index (χ1) is 11.8. The SMILES string of the molecule is S=Cn1cc(Nc2nc3ccc(Oc4ccccc4)nc3s2)cn1. The lowest BCUT2D eigenvalue weighted by atomic mass is 10.3. The molecule has 0 bridgehead atoms. The van der Waals surface area contributed by atoms with Crippen LogP contribution in [0.2, 0.25) is 0 Å². The molecular formula is C16H11N5OS2. The van der Waals surface area contributed by atoms with E-state index >= 15 is 0 Å². The summed E-state index contributed by atoms with van der Waals surface area (Å²) in [5.41, 5.74) is 3.08. The van der Waals surface area contributed by atoms with Crippen molar-refractivity contribution in [2.45, 2.75) is 0 Å². The smallest absolute Gasteiger partial charge is 0.220 e. The van der Waals surface area contributed by atoms with Crippen molar-refractivity contribution >= 4 is 50.2 Å². The van der Waals surface area contributed by atoms with E-state index in [1.54, 1.807) is 17.1 Å². The summed E-state index contributed by atoms with van der Waals surface area (Å²) in [6.45, 7) is 0. The van der Waals surface area contributed by atoms with Gasteiger partial charge < -0.3 is 10.1 Å². The molecule has 0 amide bonds. The third kappa shape index (κ3) is 3.10. The minimum absolute atomic E-state index is 0.539. The van der Waals surface area contributed by atoms with Gasteiger partial charge in [-0.25, -0.2) is 14.6 Å². The molecule has 0 aliphatic rings. The number of benzene rings is 1. The third-order valence-corrected chi connectivity index (χ3v) is 4.25. The van der Waals surface area contributed by atoms with Crippen LogP contribution < -0.4 is 10.1 Å². The molecule has 0 fully saturated rings. The van der Waals surface area contributed by atoms with E-state index in [1.165, 1.54) is 16.8 Å². The molecule has 0 spiro atoms. The van der Waals surface area contributed by atoms with E-state index in [0.29, 0.717) is 5.88 Å². The van der Waals surface area contributed by atoms with E-state index in [9.17, 15) is 0 Å². The predicted octanol–water partition coefficient (Wildman–Crippen LogP) is 4.23. The first-order valence-electron chi connectivity index (χ1n) is 7.07. The zero-order valence-electron chi connectivity index (χ0n) is 12.3. The van der Waals surface area contributed by atoms with Crippen molar-refractivity contribution < 1.29 is 4.74 Å². The number of rotatable bonds is 5. The molecule has 1 N–H and O–H groups in total. The van der Waals surface area contributed by atoms with Gasteiger partial charge in [0.1, 0.15) is 16.1 Å². The van der Waals surface area contributed by atoms with E-state index in [1.807, 2.05) is 42.5 Å². The van der Waals surface area contributed by atoms with Crippen LogP contribution >= 0.6 is 23.6 Å². The molecule has 0 aliphatic heterocycles. The van der Waals surface area contributed by atoms with Crippen molar-refractivity contribution in [3.8, 4) is 11.6 Å². The van der Waals surface area contributed by atoms with Gasteiger partial charge >= 0.3 is 0 Å². The fourth-order valence-corrected chi connectivity index (χ4v) is 3.07. The number of fused-ring (bicyclic) bond motifs is 1. The van der Waals surface area contributed by atoms with Crippen LogP contribution in [0, 0.1) is 0 Å². The normalized spacial score (nSPS) is 10.7.